The Morgan fingerprint density at radius 3 is 2.16 bits per heavy atom. The van der Waals surface area contributed by atoms with Crippen LogP contribution in [0.1, 0.15) is 23.5 Å². The molecule has 168 valence electrons. The highest BCUT2D eigenvalue weighted by molar-refractivity contribution is 5.89. The van der Waals surface area contributed by atoms with E-state index in [1.807, 2.05) is 48.5 Å². The number of methoxy groups -OCH3 is 1. The van der Waals surface area contributed by atoms with Crippen LogP contribution in [0.2, 0.25) is 0 Å². The summed E-state index contributed by atoms with van der Waals surface area (Å²) in [6, 6.07) is 13.7. The summed E-state index contributed by atoms with van der Waals surface area (Å²) in [7, 11) is 1.33. The van der Waals surface area contributed by atoms with Gasteiger partial charge in [0.15, 0.2) is 6.04 Å². The molecule has 0 fully saturated rings. The first-order valence-corrected chi connectivity index (χ1v) is 10.2. The second kappa shape index (κ2) is 10.6. The lowest BCUT2D eigenvalue weighted by molar-refractivity contribution is -0.143. The quantitative estimate of drug-likeness (QED) is 0.492. The summed E-state index contributed by atoms with van der Waals surface area (Å²) in [6.07, 6.45) is 0.794. The molecule has 0 heterocycles. The fourth-order valence-corrected chi connectivity index (χ4v) is 3.79. The van der Waals surface area contributed by atoms with Gasteiger partial charge in [-0.15, -0.1) is 6.58 Å². The van der Waals surface area contributed by atoms with Crippen molar-refractivity contribution in [2.45, 2.75) is 24.4 Å². The number of amides is 2. The number of benzene rings is 2. The number of hydrogen-bond donors (Lipinski definition) is 3. The van der Waals surface area contributed by atoms with Gasteiger partial charge in [0.25, 0.3) is 0 Å². The summed E-state index contributed by atoms with van der Waals surface area (Å²) in [4.78, 5) is 36.2. The normalized spacial score (nSPS) is 13.9. The van der Waals surface area contributed by atoms with Crippen molar-refractivity contribution in [1.82, 2.24) is 10.6 Å². The second-order valence-electron chi connectivity index (χ2n) is 7.40. The predicted octanol–water partition coefficient (Wildman–Crippen LogP) is 2.69. The molecule has 0 radical (unpaired) electrons. The molecular weight excluding hydrogens is 412 g/mol. The van der Waals surface area contributed by atoms with E-state index in [1.165, 1.54) is 13.2 Å². The molecule has 2 amide bonds. The smallest absolute Gasteiger partial charge is 0.407 e. The number of ether oxygens (including phenoxy) is 2. The molecule has 0 aromatic heterocycles. The van der Waals surface area contributed by atoms with E-state index in [4.69, 9.17) is 9.47 Å². The summed E-state index contributed by atoms with van der Waals surface area (Å²) in [5, 5.41) is 14.0. The first kappa shape index (κ1) is 23.0. The number of hydrogen-bond acceptors (Lipinski definition) is 5. The molecule has 1 unspecified atom stereocenters. The molecule has 8 heteroatoms. The highest BCUT2D eigenvalue weighted by Crippen LogP contribution is 2.44. The summed E-state index contributed by atoms with van der Waals surface area (Å²) in [6.45, 7) is 3.49. The van der Waals surface area contributed by atoms with E-state index >= 15 is 0 Å². The van der Waals surface area contributed by atoms with Crippen molar-refractivity contribution >= 4 is 18.0 Å². The van der Waals surface area contributed by atoms with Crippen LogP contribution in [0.15, 0.2) is 61.2 Å². The summed E-state index contributed by atoms with van der Waals surface area (Å²) >= 11 is 0. The van der Waals surface area contributed by atoms with Gasteiger partial charge in [0.2, 0.25) is 5.91 Å². The highest BCUT2D eigenvalue weighted by Gasteiger charge is 2.30. The van der Waals surface area contributed by atoms with E-state index in [2.05, 4.69) is 17.2 Å². The third-order valence-electron chi connectivity index (χ3n) is 5.30. The van der Waals surface area contributed by atoms with Gasteiger partial charge >= 0.3 is 12.1 Å². The van der Waals surface area contributed by atoms with Crippen molar-refractivity contribution in [3.63, 3.8) is 0 Å². The van der Waals surface area contributed by atoms with Gasteiger partial charge < -0.3 is 25.2 Å². The summed E-state index contributed by atoms with van der Waals surface area (Å²) in [5.41, 5.74) is 4.37. The molecule has 1 aliphatic rings. The molecule has 32 heavy (non-hydrogen) atoms. The minimum absolute atomic E-state index is 0.101. The van der Waals surface area contributed by atoms with Crippen LogP contribution >= 0.6 is 0 Å². The van der Waals surface area contributed by atoms with Crippen molar-refractivity contribution in [1.29, 1.82) is 0 Å². The predicted molar refractivity (Wildman–Crippen MR) is 118 cm³/mol. The van der Waals surface area contributed by atoms with Gasteiger partial charge in [-0.05, 0) is 28.7 Å². The maximum atomic E-state index is 12.5. The van der Waals surface area contributed by atoms with Gasteiger partial charge in [-0.1, -0.05) is 54.6 Å². The molecule has 8 nitrogen and oxygen atoms in total. The monoisotopic (exact) mass is 438 g/mol. The molecule has 2 atom stereocenters. The minimum atomic E-state index is -1.24. The first-order valence-electron chi connectivity index (χ1n) is 10.2. The molecule has 0 spiro atoms. The van der Waals surface area contributed by atoms with Gasteiger partial charge in [0.1, 0.15) is 12.6 Å². The third kappa shape index (κ3) is 5.15. The average Bonchev–Trinajstić information content (AvgIpc) is 3.10. The Morgan fingerprint density at radius 1 is 1.03 bits per heavy atom. The Hall–Kier alpha value is -3.65. The molecule has 3 N–H and O–H groups in total. The van der Waals surface area contributed by atoms with Crippen molar-refractivity contribution in [3.8, 4) is 11.1 Å². The third-order valence-corrected chi connectivity index (χ3v) is 5.30. The van der Waals surface area contributed by atoms with Gasteiger partial charge in [0.05, 0.1) is 6.61 Å². The van der Waals surface area contributed by atoms with Crippen LogP contribution in [0.4, 0.5) is 4.79 Å². The van der Waals surface area contributed by atoms with Crippen LogP contribution in [0.3, 0.4) is 0 Å². The summed E-state index contributed by atoms with van der Waals surface area (Å²) < 4.78 is 10.3. The molecule has 2 aromatic carbocycles. The molecule has 2 aromatic rings. The number of carbonyl (C=O) groups excluding carboxylic acids is 2. The summed E-state index contributed by atoms with van der Waals surface area (Å²) in [5.74, 6) is -2.01. The van der Waals surface area contributed by atoms with Gasteiger partial charge in [-0.25, -0.2) is 9.59 Å². The molecular formula is C24H26N2O6. The van der Waals surface area contributed by atoms with Gasteiger partial charge in [-0.2, -0.15) is 0 Å². The molecule has 0 aliphatic heterocycles. The van der Waals surface area contributed by atoms with E-state index in [0.29, 0.717) is 0 Å². The Labute approximate surface area is 186 Å². The average molecular weight is 438 g/mol. The zero-order chi connectivity index (χ0) is 23.1. The Kier molecular flexibility index (Phi) is 7.62. The minimum Gasteiger partial charge on any atom is -0.480 e. The van der Waals surface area contributed by atoms with Crippen molar-refractivity contribution in [3.05, 3.63) is 72.3 Å². The van der Waals surface area contributed by atoms with Crippen molar-refractivity contribution in [2.24, 2.45) is 0 Å². The number of carbonyl (C=O) groups is 3. The molecule has 0 bridgehead atoms. The van der Waals surface area contributed by atoms with Crippen LogP contribution in [-0.4, -0.2) is 55.5 Å². The van der Waals surface area contributed by atoms with Crippen LogP contribution in [-0.2, 0) is 19.1 Å². The zero-order valence-electron chi connectivity index (χ0n) is 17.7. The van der Waals surface area contributed by atoms with Crippen molar-refractivity contribution < 1.29 is 29.0 Å². The lowest BCUT2D eigenvalue weighted by atomic mass is 9.98. The number of carboxylic acids is 1. The molecule has 0 saturated carbocycles. The van der Waals surface area contributed by atoms with E-state index in [-0.39, 0.29) is 25.6 Å². The zero-order valence-corrected chi connectivity index (χ0v) is 17.7. The standard InChI is InChI=1S/C24H26N2O6/c1-3-8-20(22(27)25-21(14-31-2)23(28)29)26-24(30)32-13-19-17-11-6-4-9-15(17)16-10-5-7-12-18(16)19/h3-7,9-12,19-21H,1,8,13-14H2,2H3,(H,25,27)(H,26,30)(H,28,29)/t20?,21-/m0/s1. The molecule has 3 rings (SSSR count). The number of aliphatic carboxylic acids is 1. The molecule has 0 saturated heterocycles. The Bertz CT molecular complexity index is 960. The Balaban J connectivity index is 1.64. The number of nitrogens with one attached hydrogen (secondary N) is 2. The van der Waals surface area contributed by atoms with E-state index in [0.717, 1.165) is 22.3 Å². The maximum absolute atomic E-state index is 12.5. The lowest BCUT2D eigenvalue weighted by Gasteiger charge is -2.21. The van der Waals surface area contributed by atoms with Crippen LogP contribution in [0.5, 0.6) is 0 Å². The first-order chi connectivity index (χ1) is 15.5. The lowest BCUT2D eigenvalue weighted by Crippen LogP contribution is -2.52. The largest absolute Gasteiger partial charge is 0.480 e. The van der Waals surface area contributed by atoms with E-state index in [1.54, 1.807) is 0 Å². The highest BCUT2D eigenvalue weighted by atomic mass is 16.5. The van der Waals surface area contributed by atoms with Gasteiger partial charge in [-0.3, -0.25) is 4.79 Å². The van der Waals surface area contributed by atoms with Gasteiger partial charge in [0, 0.05) is 13.0 Å². The second-order valence-corrected chi connectivity index (χ2v) is 7.40. The SMILES string of the molecule is C=CCC(NC(=O)OCC1c2ccccc2-c2ccccc21)C(=O)N[C@@H](COC)C(=O)O. The number of fused-ring (bicyclic) bond motifs is 3. The van der Waals surface area contributed by atoms with Crippen molar-refractivity contribution in [2.75, 3.05) is 20.3 Å². The number of rotatable bonds is 10. The topological polar surface area (TPSA) is 114 Å². The van der Waals surface area contributed by atoms with Crippen LogP contribution in [0, 0.1) is 0 Å². The maximum Gasteiger partial charge on any atom is 0.407 e. The van der Waals surface area contributed by atoms with E-state index in [9.17, 15) is 19.5 Å². The Morgan fingerprint density at radius 2 is 1.62 bits per heavy atom. The fraction of sp³-hybridized carbons (Fsp3) is 0.292. The number of carboxylic acid groups (broad SMARTS) is 1. The van der Waals surface area contributed by atoms with Crippen LogP contribution in [0.25, 0.3) is 11.1 Å². The van der Waals surface area contributed by atoms with Crippen LogP contribution < -0.4 is 10.6 Å². The molecule has 1 aliphatic carbocycles. The number of alkyl carbamates (subject to hydrolysis) is 1. The van der Waals surface area contributed by atoms with E-state index < -0.39 is 30.1 Å². The fourth-order valence-electron chi connectivity index (χ4n) is 3.79.